The zero-order valence-corrected chi connectivity index (χ0v) is 12.8. The Kier molecular flexibility index (Phi) is 4.11. The fourth-order valence-corrected chi connectivity index (χ4v) is 3.26. The van der Waals surface area contributed by atoms with Gasteiger partial charge in [-0.25, -0.2) is 4.79 Å². The first-order chi connectivity index (χ1) is 9.78. The highest BCUT2D eigenvalue weighted by Crippen LogP contribution is 2.32. The van der Waals surface area contributed by atoms with E-state index in [1.807, 2.05) is 13.8 Å². The third-order valence-electron chi connectivity index (χ3n) is 4.72. The molecule has 0 aliphatic carbocycles. The van der Waals surface area contributed by atoms with Gasteiger partial charge in [0, 0.05) is 33.2 Å². The summed E-state index contributed by atoms with van der Waals surface area (Å²) in [4.78, 5) is 38.7. The van der Waals surface area contributed by atoms with Crippen LogP contribution in [0.1, 0.15) is 20.3 Å². The van der Waals surface area contributed by atoms with Crippen LogP contribution < -0.4 is 5.32 Å². The summed E-state index contributed by atoms with van der Waals surface area (Å²) < 4.78 is 0. The highest BCUT2D eigenvalue weighted by atomic mass is 16.4. The van der Waals surface area contributed by atoms with Gasteiger partial charge in [-0.2, -0.15) is 0 Å². The largest absolute Gasteiger partial charge is 0.481 e. The minimum Gasteiger partial charge on any atom is -0.481 e. The summed E-state index contributed by atoms with van der Waals surface area (Å²) in [5.74, 6) is -1.45. The molecule has 118 valence electrons. The monoisotopic (exact) mass is 297 g/mol. The molecule has 7 nitrogen and oxygen atoms in total. The van der Waals surface area contributed by atoms with Gasteiger partial charge in [0.05, 0.1) is 11.3 Å². The van der Waals surface area contributed by atoms with Crippen molar-refractivity contribution in [1.82, 2.24) is 15.1 Å². The molecule has 0 bridgehead atoms. The molecule has 3 atom stereocenters. The van der Waals surface area contributed by atoms with Crippen LogP contribution in [0.25, 0.3) is 0 Å². The second kappa shape index (κ2) is 5.54. The van der Waals surface area contributed by atoms with Gasteiger partial charge in [0.25, 0.3) is 0 Å². The maximum atomic E-state index is 12.5. The van der Waals surface area contributed by atoms with Crippen LogP contribution in [0.5, 0.6) is 0 Å². The Bertz CT molecular complexity index is 467. The molecule has 0 aromatic rings. The summed E-state index contributed by atoms with van der Waals surface area (Å²) in [6.45, 7) is 5.33. The molecule has 0 aromatic heterocycles. The number of carbonyl (C=O) groups is 3. The van der Waals surface area contributed by atoms with Crippen LogP contribution in [0.2, 0.25) is 0 Å². The average Bonchev–Trinajstić information content (AvgIpc) is 3.01. The van der Waals surface area contributed by atoms with Crippen LogP contribution in [0.4, 0.5) is 4.79 Å². The molecule has 0 radical (unpaired) electrons. The predicted molar refractivity (Wildman–Crippen MR) is 75.6 cm³/mol. The smallest absolute Gasteiger partial charge is 0.320 e. The number of nitrogens with zero attached hydrogens (tertiary/aromatic N) is 2. The van der Waals surface area contributed by atoms with E-state index in [0.717, 1.165) is 0 Å². The summed E-state index contributed by atoms with van der Waals surface area (Å²) in [6, 6.07) is -0.154. The molecule has 2 aliphatic heterocycles. The second-order valence-corrected chi connectivity index (χ2v) is 6.42. The Hall–Kier alpha value is -1.79. The van der Waals surface area contributed by atoms with Gasteiger partial charge in [-0.3, -0.25) is 9.59 Å². The number of amides is 3. The highest BCUT2D eigenvalue weighted by molar-refractivity contribution is 5.84. The van der Waals surface area contributed by atoms with Crippen molar-refractivity contribution in [1.29, 1.82) is 0 Å². The fraction of sp³-hybridized carbons (Fsp3) is 0.786. The molecule has 2 saturated heterocycles. The first kappa shape index (κ1) is 15.6. The normalized spacial score (nSPS) is 32.3. The maximum absolute atomic E-state index is 12.5. The molecule has 2 rings (SSSR count). The molecule has 0 aromatic carbocycles. The van der Waals surface area contributed by atoms with Crippen molar-refractivity contribution in [2.75, 3.05) is 33.2 Å². The van der Waals surface area contributed by atoms with E-state index in [2.05, 4.69) is 5.32 Å². The topological polar surface area (TPSA) is 90.0 Å². The van der Waals surface area contributed by atoms with Crippen molar-refractivity contribution in [3.8, 4) is 0 Å². The number of carbonyl (C=O) groups excluding carboxylic acids is 2. The molecule has 3 amide bonds. The van der Waals surface area contributed by atoms with Gasteiger partial charge in [0.15, 0.2) is 0 Å². The van der Waals surface area contributed by atoms with Crippen molar-refractivity contribution >= 4 is 17.9 Å². The summed E-state index contributed by atoms with van der Waals surface area (Å²) in [7, 11) is 1.59. The van der Waals surface area contributed by atoms with Crippen LogP contribution in [-0.4, -0.2) is 66.0 Å². The van der Waals surface area contributed by atoms with E-state index < -0.39 is 17.3 Å². The highest BCUT2D eigenvalue weighted by Gasteiger charge is 2.44. The van der Waals surface area contributed by atoms with E-state index in [-0.39, 0.29) is 24.4 Å². The van der Waals surface area contributed by atoms with E-state index >= 15 is 0 Å². The number of likely N-dealkylation sites (tertiary alicyclic amines) is 2. The lowest BCUT2D eigenvalue weighted by Crippen LogP contribution is -2.44. The Morgan fingerprint density at radius 1 is 1.24 bits per heavy atom. The van der Waals surface area contributed by atoms with E-state index in [4.69, 9.17) is 5.11 Å². The number of rotatable bonds is 2. The predicted octanol–water partition coefficient (Wildman–Crippen LogP) is 0.217. The molecule has 21 heavy (non-hydrogen) atoms. The van der Waals surface area contributed by atoms with Gasteiger partial charge in [-0.15, -0.1) is 0 Å². The quantitative estimate of drug-likeness (QED) is 0.763. The molecule has 0 saturated carbocycles. The fourth-order valence-electron chi connectivity index (χ4n) is 3.26. The molecular weight excluding hydrogens is 274 g/mol. The van der Waals surface area contributed by atoms with Crippen LogP contribution in [0, 0.1) is 17.3 Å². The zero-order valence-electron chi connectivity index (χ0n) is 12.8. The third-order valence-corrected chi connectivity index (χ3v) is 4.72. The second-order valence-electron chi connectivity index (χ2n) is 6.42. The zero-order chi connectivity index (χ0) is 15.8. The molecule has 7 heteroatoms. The lowest BCUT2D eigenvalue weighted by atomic mass is 9.89. The minimum absolute atomic E-state index is 0.0422. The molecule has 0 spiro atoms. The number of nitrogens with one attached hydrogen (secondary N) is 1. The van der Waals surface area contributed by atoms with Crippen LogP contribution >= 0.6 is 0 Å². The standard InChI is InChI=1S/C14H23N3O4/c1-9-6-17(7-10(9)11(18)19)13(21)16-5-4-14(2,8-16)12(20)15-3/h9-10H,4-8H2,1-3H3,(H,15,20)(H,18,19)/t9-,10-,14?/m1/s1. The molecule has 2 N–H and O–H groups in total. The lowest BCUT2D eigenvalue weighted by molar-refractivity contribution is -0.142. The van der Waals surface area contributed by atoms with Gasteiger partial charge >= 0.3 is 12.0 Å². The Balaban J connectivity index is 2.00. The first-order valence-electron chi connectivity index (χ1n) is 7.27. The van der Waals surface area contributed by atoms with E-state index in [1.165, 1.54) is 0 Å². The number of carboxylic acid groups (broad SMARTS) is 1. The Morgan fingerprint density at radius 3 is 2.43 bits per heavy atom. The summed E-state index contributed by atoms with van der Waals surface area (Å²) in [6.07, 6.45) is 0.629. The van der Waals surface area contributed by atoms with Crippen molar-refractivity contribution in [2.24, 2.45) is 17.3 Å². The summed E-state index contributed by atoms with van der Waals surface area (Å²) in [5, 5.41) is 11.8. The first-order valence-corrected chi connectivity index (χ1v) is 7.27. The van der Waals surface area contributed by atoms with E-state index in [0.29, 0.717) is 26.1 Å². The number of hydrogen-bond acceptors (Lipinski definition) is 3. The van der Waals surface area contributed by atoms with Gasteiger partial charge in [0.2, 0.25) is 5.91 Å². The van der Waals surface area contributed by atoms with E-state index in [9.17, 15) is 14.4 Å². The number of hydrogen-bond donors (Lipinski definition) is 2. The third kappa shape index (κ3) is 2.82. The van der Waals surface area contributed by atoms with Crippen molar-refractivity contribution in [3.63, 3.8) is 0 Å². The summed E-state index contributed by atoms with van der Waals surface area (Å²) >= 11 is 0. The molecular formula is C14H23N3O4. The Labute approximate surface area is 124 Å². The lowest BCUT2D eigenvalue weighted by Gasteiger charge is -2.26. The maximum Gasteiger partial charge on any atom is 0.320 e. The number of carboxylic acids is 1. The molecule has 2 fully saturated rings. The average molecular weight is 297 g/mol. The molecule has 1 unspecified atom stereocenters. The van der Waals surface area contributed by atoms with Crippen molar-refractivity contribution < 1.29 is 19.5 Å². The van der Waals surface area contributed by atoms with Crippen LogP contribution in [-0.2, 0) is 9.59 Å². The van der Waals surface area contributed by atoms with Crippen LogP contribution in [0.3, 0.4) is 0 Å². The van der Waals surface area contributed by atoms with Crippen molar-refractivity contribution in [3.05, 3.63) is 0 Å². The van der Waals surface area contributed by atoms with Gasteiger partial charge in [-0.1, -0.05) is 6.92 Å². The molecule has 2 aliphatic rings. The Morgan fingerprint density at radius 2 is 1.90 bits per heavy atom. The van der Waals surface area contributed by atoms with Crippen LogP contribution in [0.15, 0.2) is 0 Å². The minimum atomic E-state index is -0.852. The number of aliphatic carboxylic acids is 1. The van der Waals surface area contributed by atoms with Gasteiger partial charge in [0.1, 0.15) is 0 Å². The summed E-state index contributed by atoms with van der Waals surface area (Å²) in [5.41, 5.74) is -0.554. The van der Waals surface area contributed by atoms with Gasteiger partial charge < -0.3 is 20.2 Å². The van der Waals surface area contributed by atoms with Crippen molar-refractivity contribution in [2.45, 2.75) is 20.3 Å². The van der Waals surface area contributed by atoms with Gasteiger partial charge in [-0.05, 0) is 19.3 Å². The van der Waals surface area contributed by atoms with E-state index in [1.54, 1.807) is 16.8 Å². The number of urea groups is 1. The SMILES string of the molecule is CNC(=O)C1(C)CCN(C(=O)N2C[C@@H](C)[C@H](C(=O)O)C2)C1. The molecule has 2 heterocycles.